The van der Waals surface area contributed by atoms with Crippen molar-refractivity contribution in [1.29, 1.82) is 0 Å². The molecule has 9 rings (SSSR count). The molecule has 1 aromatic heterocycles. The largest absolute Gasteiger partial charge is 0.496 e. The summed E-state index contributed by atoms with van der Waals surface area (Å²) in [7, 11) is 6.31. The second-order valence-corrected chi connectivity index (χ2v) is 21.2. The molecule has 1 unspecified atom stereocenters. The molecule has 356 valence electrons. The number of aliphatic hydroxyl groups is 2. The molecule has 1 spiro atoms. The van der Waals surface area contributed by atoms with E-state index in [2.05, 4.69) is 59.3 Å². The van der Waals surface area contributed by atoms with Crippen molar-refractivity contribution in [2.75, 3.05) is 58.7 Å². The van der Waals surface area contributed by atoms with E-state index in [1.54, 1.807) is 18.9 Å². The van der Waals surface area contributed by atoms with E-state index in [1.807, 2.05) is 24.9 Å². The van der Waals surface area contributed by atoms with E-state index < -0.39 is 45.9 Å². The number of hydrogen-bond donors (Lipinski definition) is 3. The lowest BCUT2D eigenvalue weighted by Gasteiger charge is -2.63. The minimum Gasteiger partial charge on any atom is -0.496 e. The molecule has 3 aliphatic carbocycles. The third kappa shape index (κ3) is 6.90. The number of nitrogens with zero attached hydrogens (tertiary/aromatic N) is 2. The molecule has 12 nitrogen and oxygen atoms in total. The van der Waals surface area contributed by atoms with Crippen LogP contribution >= 0.6 is 11.8 Å². The van der Waals surface area contributed by atoms with Gasteiger partial charge in [0.25, 0.3) is 0 Å². The number of aromatic amines is 1. The van der Waals surface area contributed by atoms with Crippen LogP contribution in [0.1, 0.15) is 114 Å². The van der Waals surface area contributed by atoms with E-state index in [9.17, 15) is 19.8 Å². The normalized spacial score (nSPS) is 32.5. The predicted octanol–water partition coefficient (Wildman–Crippen LogP) is 7.93. The Hall–Kier alpha value is -4.30. The molecular formula is C53H69N3O9S. The van der Waals surface area contributed by atoms with Gasteiger partial charge >= 0.3 is 17.9 Å². The molecule has 3 aliphatic heterocycles. The van der Waals surface area contributed by atoms with Gasteiger partial charge in [0.15, 0.2) is 6.10 Å². The monoisotopic (exact) mass is 923 g/mol. The smallest absolute Gasteiger partial charge is 0.344 e. The molecule has 6 aliphatic rings. The minimum absolute atomic E-state index is 0.0353. The Morgan fingerprint density at radius 3 is 2.48 bits per heavy atom. The molecule has 2 bridgehead atoms. The van der Waals surface area contributed by atoms with E-state index in [4.69, 9.17) is 18.9 Å². The van der Waals surface area contributed by atoms with E-state index in [-0.39, 0.29) is 24.5 Å². The van der Waals surface area contributed by atoms with Crippen LogP contribution in [-0.2, 0) is 45.8 Å². The van der Waals surface area contributed by atoms with Gasteiger partial charge < -0.3 is 39.0 Å². The zero-order valence-electron chi connectivity index (χ0n) is 39.9. The molecule has 2 aromatic carbocycles. The first-order valence-electron chi connectivity index (χ1n) is 24.3. The van der Waals surface area contributed by atoms with Crippen LogP contribution in [0.25, 0.3) is 10.9 Å². The number of thioether (sulfide) groups is 1. The zero-order valence-corrected chi connectivity index (χ0v) is 40.7. The second-order valence-electron chi connectivity index (χ2n) is 20.0. The first-order chi connectivity index (χ1) is 31.8. The van der Waals surface area contributed by atoms with Gasteiger partial charge in [-0.25, -0.2) is 4.79 Å². The third-order valence-electron chi connectivity index (χ3n) is 16.9. The Balaban J connectivity index is 1.37. The van der Waals surface area contributed by atoms with Gasteiger partial charge in [0, 0.05) is 88.6 Å². The Bertz CT molecular complexity index is 2450. The lowest BCUT2D eigenvalue weighted by Crippen LogP contribution is -2.81. The number of likely N-dealkylation sites (N-methyl/N-ethyl adjacent to an activating group) is 1. The summed E-state index contributed by atoms with van der Waals surface area (Å²) in [5.41, 5.74) is 1.13. The minimum atomic E-state index is -2.30. The topological polar surface area (TPSA) is 151 Å². The van der Waals surface area contributed by atoms with Crippen LogP contribution in [0.15, 0.2) is 59.0 Å². The van der Waals surface area contributed by atoms with Gasteiger partial charge in [-0.2, -0.15) is 0 Å². The van der Waals surface area contributed by atoms with Crippen molar-refractivity contribution >= 4 is 46.3 Å². The number of ether oxygens (including phenoxy) is 4. The maximum atomic E-state index is 15.8. The summed E-state index contributed by atoms with van der Waals surface area (Å²) in [6.07, 6.45) is 15.6. The fourth-order valence-corrected chi connectivity index (χ4v) is 15.2. The highest BCUT2D eigenvalue weighted by Gasteiger charge is 2.80. The average Bonchev–Trinajstić information content (AvgIpc) is 3.97. The Labute approximate surface area is 393 Å². The SMILES string of the molecule is CCC1=C[C@H]2CCCC(CCC1)Cc1c([nH]c3ccc(SCCCO)cc13)[C@@](C(=O)OC)(c1cc3c(cc1OC)N(C)[C@H]1[C@@](O)(C(=O)OC)[C@H](OC(C)=O)[C@]4(CC)C=CCN5CC[C@]31[C@@H]54)C2. The number of methoxy groups -OCH3 is 3. The van der Waals surface area contributed by atoms with Crippen LogP contribution in [0.5, 0.6) is 5.75 Å². The number of esters is 3. The predicted molar refractivity (Wildman–Crippen MR) is 256 cm³/mol. The van der Waals surface area contributed by atoms with Gasteiger partial charge in [-0.15, -0.1) is 11.8 Å². The van der Waals surface area contributed by atoms with Crippen molar-refractivity contribution in [3.05, 3.63) is 76.5 Å². The van der Waals surface area contributed by atoms with E-state index in [0.717, 1.165) is 95.4 Å². The van der Waals surface area contributed by atoms with Crippen LogP contribution in [0.4, 0.5) is 5.69 Å². The molecule has 13 heteroatoms. The third-order valence-corrected chi connectivity index (χ3v) is 18.0. The fraction of sp³-hybridized carbons (Fsp3) is 0.604. The first kappa shape index (κ1) is 46.8. The van der Waals surface area contributed by atoms with Crippen LogP contribution in [0.3, 0.4) is 0 Å². The number of anilines is 1. The summed E-state index contributed by atoms with van der Waals surface area (Å²) in [6, 6.07) is 9.49. The molecule has 3 aromatic rings. The molecule has 2 fully saturated rings. The van der Waals surface area contributed by atoms with Crippen LogP contribution in [0.2, 0.25) is 0 Å². The van der Waals surface area contributed by atoms with Crippen LogP contribution < -0.4 is 9.64 Å². The summed E-state index contributed by atoms with van der Waals surface area (Å²) in [4.78, 5) is 52.9. The van der Waals surface area contributed by atoms with E-state index in [0.29, 0.717) is 56.0 Å². The summed E-state index contributed by atoms with van der Waals surface area (Å²) in [5.74, 6) is -0.0916. The number of carbonyl (C=O) groups excluding carboxylic acids is 3. The highest BCUT2D eigenvalue weighted by Crippen LogP contribution is 2.68. The zero-order chi connectivity index (χ0) is 46.8. The van der Waals surface area contributed by atoms with E-state index in [1.165, 1.54) is 26.7 Å². The van der Waals surface area contributed by atoms with Gasteiger partial charge in [-0.05, 0) is 118 Å². The summed E-state index contributed by atoms with van der Waals surface area (Å²) in [6.45, 7) is 7.06. The molecule has 3 N–H and O–H groups in total. The Morgan fingerprint density at radius 1 is 0.985 bits per heavy atom. The van der Waals surface area contributed by atoms with Gasteiger partial charge in [0.1, 0.15) is 11.2 Å². The maximum absolute atomic E-state index is 15.8. The number of allylic oxidation sites excluding steroid dienone is 2. The van der Waals surface area contributed by atoms with Crippen LogP contribution in [0, 0.1) is 17.3 Å². The Morgan fingerprint density at radius 2 is 1.77 bits per heavy atom. The molecule has 0 radical (unpaired) electrons. The summed E-state index contributed by atoms with van der Waals surface area (Å²) < 4.78 is 24.4. The number of benzene rings is 2. The van der Waals surface area contributed by atoms with Crippen molar-refractivity contribution in [3.63, 3.8) is 0 Å². The molecular weight excluding hydrogens is 855 g/mol. The quantitative estimate of drug-likeness (QED) is 0.0564. The molecule has 1 saturated carbocycles. The fourth-order valence-electron chi connectivity index (χ4n) is 14.3. The van der Waals surface area contributed by atoms with Crippen molar-refractivity contribution in [2.45, 2.75) is 137 Å². The number of carbonyl (C=O) groups is 3. The number of fused-ring (bicyclic) bond motifs is 8. The second kappa shape index (κ2) is 18.0. The van der Waals surface area contributed by atoms with Crippen LogP contribution in [-0.4, -0.2) is 116 Å². The highest BCUT2D eigenvalue weighted by atomic mass is 32.2. The average molecular weight is 924 g/mol. The van der Waals surface area contributed by atoms with Crippen molar-refractivity contribution < 1.29 is 43.5 Å². The van der Waals surface area contributed by atoms with Gasteiger partial charge in [0.2, 0.25) is 5.60 Å². The summed E-state index contributed by atoms with van der Waals surface area (Å²) >= 11 is 1.73. The number of hydrogen-bond acceptors (Lipinski definition) is 12. The lowest BCUT2D eigenvalue weighted by atomic mass is 9.47. The standard InChI is InChI=1S/C53H69N3O9S/c1-8-33-14-10-15-34-16-11-17-35(26-33)31-52(48(59)63-6,44-38(27-34)37-28-36(66-25-13-24-57)18-19-41(37)54-44)40-29-39-42(30-43(40)62-5)55(4)46-51(39)21-23-56-22-12-20-50(9-2,45(51)56)47(65-32(3)58)53(46,61)49(60)64-7/h12,18-20,26,28-30,34-35,45-47,54,57,61H,8-11,13-17,21-25,27,31H2,1-7H3/t34?,35-,45+,46-,47-,50-,51-,52+,53+/m1/s1. The maximum Gasteiger partial charge on any atom is 0.344 e. The highest BCUT2D eigenvalue weighted by molar-refractivity contribution is 7.99. The van der Waals surface area contributed by atoms with Crippen molar-refractivity contribution in [3.8, 4) is 5.75 Å². The number of rotatable bonds is 11. The molecule has 9 atom stereocenters. The van der Waals surface area contributed by atoms with Gasteiger partial charge in [0.05, 0.1) is 27.4 Å². The van der Waals surface area contributed by atoms with Crippen molar-refractivity contribution in [1.82, 2.24) is 9.88 Å². The number of nitrogens with one attached hydrogen (secondary N) is 1. The van der Waals surface area contributed by atoms with Gasteiger partial charge in [-0.3, -0.25) is 14.5 Å². The first-order valence-corrected chi connectivity index (χ1v) is 25.3. The number of H-pyrrole nitrogens is 1. The molecule has 0 amide bonds. The summed E-state index contributed by atoms with van der Waals surface area (Å²) in [5, 5.41) is 24.2. The van der Waals surface area contributed by atoms with E-state index >= 15 is 4.79 Å². The molecule has 66 heavy (non-hydrogen) atoms. The number of aromatic nitrogens is 1. The molecule has 1 saturated heterocycles. The van der Waals surface area contributed by atoms with Crippen molar-refractivity contribution in [2.24, 2.45) is 17.3 Å². The van der Waals surface area contributed by atoms with Gasteiger partial charge in [-0.1, -0.05) is 50.5 Å². The molecule has 4 heterocycles. The number of aliphatic hydroxyl groups excluding tert-OH is 1. The Kier molecular flexibility index (Phi) is 12.7. The lowest BCUT2D eigenvalue weighted by molar-refractivity contribution is -0.228.